The van der Waals surface area contributed by atoms with E-state index in [1.807, 2.05) is 18.2 Å². The number of ether oxygens (including phenoxy) is 1. The number of nitrogens with one attached hydrogen (secondary N) is 1. The van der Waals surface area contributed by atoms with E-state index in [1.165, 1.54) is 0 Å². The Hall–Kier alpha value is -2.34. The van der Waals surface area contributed by atoms with Crippen LogP contribution in [0.2, 0.25) is 0 Å². The Morgan fingerprint density at radius 3 is 3.05 bits per heavy atom. The Bertz CT molecular complexity index is 667. The summed E-state index contributed by atoms with van der Waals surface area (Å²) in [6.07, 6.45) is 0.419. The summed E-state index contributed by atoms with van der Waals surface area (Å²) in [5.41, 5.74) is -0.243. The predicted octanol–water partition coefficient (Wildman–Crippen LogP) is 1.38. The third-order valence-corrected chi connectivity index (χ3v) is 3.56. The SMILES string of the molecule is Cc1cc(C(=O)NC[C@]2(O)CCOc3ccccc32)no1. The van der Waals surface area contributed by atoms with Crippen LogP contribution in [0.25, 0.3) is 0 Å². The molecule has 0 aliphatic carbocycles. The largest absolute Gasteiger partial charge is 0.493 e. The fourth-order valence-corrected chi connectivity index (χ4v) is 2.42. The van der Waals surface area contributed by atoms with Crippen molar-refractivity contribution in [2.24, 2.45) is 0 Å². The molecule has 110 valence electrons. The summed E-state index contributed by atoms with van der Waals surface area (Å²) in [6, 6.07) is 8.85. The number of hydrogen-bond donors (Lipinski definition) is 2. The van der Waals surface area contributed by atoms with Crippen molar-refractivity contribution in [2.75, 3.05) is 13.2 Å². The maximum absolute atomic E-state index is 12.0. The molecule has 2 N–H and O–H groups in total. The predicted molar refractivity (Wildman–Crippen MR) is 74.0 cm³/mol. The number of carbonyl (C=O) groups is 1. The van der Waals surface area contributed by atoms with Crippen LogP contribution in [-0.2, 0) is 5.60 Å². The maximum atomic E-state index is 12.0. The zero-order valence-electron chi connectivity index (χ0n) is 11.6. The molecule has 3 rings (SSSR count). The zero-order valence-corrected chi connectivity index (χ0v) is 11.6. The number of aromatic nitrogens is 1. The number of amides is 1. The minimum absolute atomic E-state index is 0.0954. The third-order valence-electron chi connectivity index (χ3n) is 3.56. The second-order valence-corrected chi connectivity index (χ2v) is 5.13. The van der Waals surface area contributed by atoms with Gasteiger partial charge < -0.3 is 19.7 Å². The van der Waals surface area contributed by atoms with Gasteiger partial charge >= 0.3 is 0 Å². The summed E-state index contributed by atoms with van der Waals surface area (Å²) in [7, 11) is 0. The van der Waals surface area contributed by atoms with E-state index in [0.29, 0.717) is 30.1 Å². The van der Waals surface area contributed by atoms with E-state index in [1.54, 1.807) is 19.1 Å². The van der Waals surface area contributed by atoms with Crippen LogP contribution < -0.4 is 10.1 Å². The molecule has 0 saturated carbocycles. The van der Waals surface area contributed by atoms with E-state index in [-0.39, 0.29) is 18.1 Å². The van der Waals surface area contributed by atoms with Gasteiger partial charge in [-0.15, -0.1) is 0 Å². The standard InChI is InChI=1S/C15H16N2O4/c1-10-8-12(17-21-10)14(18)16-9-15(19)6-7-20-13-5-3-2-4-11(13)15/h2-5,8,19H,6-7,9H2,1H3,(H,16,18)/t15-/m1/s1. The van der Waals surface area contributed by atoms with E-state index < -0.39 is 5.60 Å². The molecular weight excluding hydrogens is 272 g/mol. The molecular formula is C15H16N2O4. The van der Waals surface area contributed by atoms with Gasteiger partial charge in [0.25, 0.3) is 5.91 Å². The summed E-state index contributed by atoms with van der Waals surface area (Å²) in [5, 5.41) is 17.1. The first kappa shape index (κ1) is 13.6. The van der Waals surface area contributed by atoms with Crippen molar-refractivity contribution >= 4 is 5.91 Å². The van der Waals surface area contributed by atoms with E-state index >= 15 is 0 Å². The number of fused-ring (bicyclic) bond motifs is 1. The molecule has 2 heterocycles. The number of rotatable bonds is 3. The van der Waals surface area contributed by atoms with Crippen LogP contribution in [0.3, 0.4) is 0 Å². The van der Waals surface area contributed by atoms with Gasteiger partial charge in [0, 0.05) is 18.1 Å². The lowest BCUT2D eigenvalue weighted by molar-refractivity contribution is -0.00167. The number of aliphatic hydroxyl groups is 1. The topological polar surface area (TPSA) is 84.6 Å². The van der Waals surface area contributed by atoms with E-state index in [0.717, 1.165) is 0 Å². The van der Waals surface area contributed by atoms with Crippen molar-refractivity contribution in [2.45, 2.75) is 18.9 Å². The Morgan fingerprint density at radius 2 is 2.29 bits per heavy atom. The summed E-state index contributed by atoms with van der Waals surface area (Å²) >= 11 is 0. The number of hydrogen-bond acceptors (Lipinski definition) is 5. The molecule has 1 aliphatic rings. The lowest BCUT2D eigenvalue weighted by Gasteiger charge is -2.34. The Labute approximate surface area is 121 Å². The first-order valence-corrected chi connectivity index (χ1v) is 6.75. The van der Waals surface area contributed by atoms with Gasteiger partial charge in [0.15, 0.2) is 5.69 Å². The van der Waals surface area contributed by atoms with E-state index in [9.17, 15) is 9.90 Å². The number of nitrogens with zero attached hydrogens (tertiary/aromatic N) is 1. The second kappa shape index (κ2) is 5.21. The molecule has 1 aromatic heterocycles. The van der Waals surface area contributed by atoms with Crippen molar-refractivity contribution in [3.05, 3.63) is 47.3 Å². The molecule has 21 heavy (non-hydrogen) atoms. The van der Waals surface area contributed by atoms with Gasteiger partial charge in [-0.1, -0.05) is 23.4 Å². The number of para-hydroxylation sites is 1. The second-order valence-electron chi connectivity index (χ2n) is 5.13. The monoisotopic (exact) mass is 288 g/mol. The Morgan fingerprint density at radius 1 is 1.48 bits per heavy atom. The first-order chi connectivity index (χ1) is 10.1. The number of carbonyl (C=O) groups excluding carboxylic acids is 1. The third kappa shape index (κ3) is 2.62. The van der Waals surface area contributed by atoms with Crippen LogP contribution >= 0.6 is 0 Å². The molecule has 1 aliphatic heterocycles. The molecule has 0 radical (unpaired) electrons. The van der Waals surface area contributed by atoms with Gasteiger partial charge in [0.1, 0.15) is 17.1 Å². The van der Waals surface area contributed by atoms with Crippen LogP contribution in [-0.4, -0.2) is 29.3 Å². The highest BCUT2D eigenvalue weighted by molar-refractivity contribution is 5.92. The number of aryl methyl sites for hydroxylation is 1. The normalized spacial score (nSPS) is 20.5. The maximum Gasteiger partial charge on any atom is 0.273 e. The molecule has 0 spiro atoms. The fraction of sp³-hybridized carbons (Fsp3) is 0.333. The van der Waals surface area contributed by atoms with Crippen molar-refractivity contribution in [3.63, 3.8) is 0 Å². The lowest BCUT2D eigenvalue weighted by Crippen LogP contribution is -2.44. The van der Waals surface area contributed by atoms with Crippen LogP contribution in [0.15, 0.2) is 34.9 Å². The van der Waals surface area contributed by atoms with Crippen molar-refractivity contribution in [1.82, 2.24) is 10.5 Å². The molecule has 2 aromatic rings. The minimum Gasteiger partial charge on any atom is -0.493 e. The summed E-state index contributed by atoms with van der Waals surface area (Å²) in [4.78, 5) is 12.0. The van der Waals surface area contributed by atoms with E-state index in [4.69, 9.17) is 9.26 Å². The van der Waals surface area contributed by atoms with E-state index in [2.05, 4.69) is 10.5 Å². The van der Waals surface area contributed by atoms with Gasteiger partial charge in [0.2, 0.25) is 0 Å². The minimum atomic E-state index is -1.14. The van der Waals surface area contributed by atoms with Crippen molar-refractivity contribution in [3.8, 4) is 5.75 Å². The highest BCUT2D eigenvalue weighted by atomic mass is 16.5. The molecule has 6 heteroatoms. The quantitative estimate of drug-likeness (QED) is 0.891. The fourth-order valence-electron chi connectivity index (χ4n) is 2.42. The first-order valence-electron chi connectivity index (χ1n) is 6.75. The molecule has 6 nitrogen and oxygen atoms in total. The number of benzene rings is 1. The van der Waals surface area contributed by atoms with Crippen molar-refractivity contribution in [1.29, 1.82) is 0 Å². The summed E-state index contributed by atoms with van der Waals surface area (Å²) in [6.45, 7) is 2.22. The summed E-state index contributed by atoms with van der Waals surface area (Å²) in [5.74, 6) is 0.845. The lowest BCUT2D eigenvalue weighted by atomic mass is 9.88. The van der Waals surface area contributed by atoms with Crippen molar-refractivity contribution < 1.29 is 19.2 Å². The molecule has 1 amide bonds. The zero-order chi connectivity index (χ0) is 14.9. The average Bonchev–Trinajstić information content (AvgIpc) is 2.92. The average molecular weight is 288 g/mol. The molecule has 0 unspecified atom stereocenters. The molecule has 0 bridgehead atoms. The molecule has 0 fully saturated rings. The molecule has 1 aromatic carbocycles. The summed E-state index contributed by atoms with van der Waals surface area (Å²) < 4.78 is 10.4. The van der Waals surface area contributed by atoms with Gasteiger partial charge in [-0.05, 0) is 13.0 Å². The van der Waals surface area contributed by atoms with Gasteiger partial charge in [-0.25, -0.2) is 0 Å². The van der Waals surface area contributed by atoms with Crippen LogP contribution in [0.5, 0.6) is 5.75 Å². The molecule has 1 atom stereocenters. The van der Waals surface area contributed by atoms with Crippen LogP contribution in [0.1, 0.15) is 28.2 Å². The van der Waals surface area contributed by atoms with Crippen LogP contribution in [0.4, 0.5) is 0 Å². The Balaban J connectivity index is 1.74. The Kier molecular flexibility index (Phi) is 3.39. The van der Waals surface area contributed by atoms with Gasteiger partial charge in [-0.2, -0.15) is 0 Å². The van der Waals surface area contributed by atoms with Gasteiger partial charge in [-0.3, -0.25) is 4.79 Å². The smallest absolute Gasteiger partial charge is 0.273 e. The van der Waals surface area contributed by atoms with Crippen LogP contribution in [0, 0.1) is 6.92 Å². The molecule has 0 saturated heterocycles. The van der Waals surface area contributed by atoms with Gasteiger partial charge in [0.05, 0.1) is 13.2 Å². The highest BCUT2D eigenvalue weighted by Crippen LogP contribution is 2.36. The highest BCUT2D eigenvalue weighted by Gasteiger charge is 2.36.